The second-order valence-corrected chi connectivity index (χ2v) is 4.45. The van der Waals surface area contributed by atoms with E-state index in [4.69, 9.17) is 0 Å². The molecule has 6 heteroatoms. The van der Waals surface area contributed by atoms with E-state index in [1.165, 1.54) is 17.0 Å². The standard InChI is InChI=1S/C14H14FN3O2/c1-8-9(2)16-17-13(12(8)14(19)20)18(3)11-6-4-5-10(15)7-11/h4-7H,1-3H3,(H,19,20). The van der Waals surface area contributed by atoms with Crippen molar-refractivity contribution in [3.8, 4) is 0 Å². The van der Waals surface area contributed by atoms with Crippen LogP contribution in [0.5, 0.6) is 0 Å². The first-order valence-corrected chi connectivity index (χ1v) is 5.98. The van der Waals surface area contributed by atoms with Crippen LogP contribution in [0, 0.1) is 19.7 Å². The number of halogens is 1. The molecule has 20 heavy (non-hydrogen) atoms. The highest BCUT2D eigenvalue weighted by atomic mass is 19.1. The lowest BCUT2D eigenvalue weighted by molar-refractivity contribution is 0.0696. The van der Waals surface area contributed by atoms with Crippen molar-refractivity contribution in [1.29, 1.82) is 0 Å². The molecule has 0 fully saturated rings. The smallest absolute Gasteiger partial charge is 0.339 e. The zero-order valence-corrected chi connectivity index (χ0v) is 11.4. The summed E-state index contributed by atoms with van der Waals surface area (Å²) in [7, 11) is 1.62. The van der Waals surface area contributed by atoms with Crippen LogP contribution in [0.25, 0.3) is 0 Å². The van der Waals surface area contributed by atoms with Crippen molar-refractivity contribution in [3.05, 3.63) is 46.9 Å². The van der Waals surface area contributed by atoms with Crippen LogP contribution in [0.4, 0.5) is 15.9 Å². The third-order valence-corrected chi connectivity index (χ3v) is 3.16. The molecule has 1 aromatic carbocycles. The highest BCUT2D eigenvalue weighted by Gasteiger charge is 2.21. The molecule has 0 amide bonds. The molecule has 0 saturated heterocycles. The lowest BCUT2D eigenvalue weighted by Crippen LogP contribution is -2.18. The Bertz CT molecular complexity index is 673. The molecule has 5 nitrogen and oxygen atoms in total. The topological polar surface area (TPSA) is 66.3 Å². The maximum absolute atomic E-state index is 13.3. The number of aryl methyl sites for hydroxylation is 1. The van der Waals surface area contributed by atoms with Crippen molar-refractivity contribution in [2.45, 2.75) is 13.8 Å². The van der Waals surface area contributed by atoms with Gasteiger partial charge in [0, 0.05) is 12.7 Å². The summed E-state index contributed by atoms with van der Waals surface area (Å²) in [6.45, 7) is 3.37. The number of hydrogen-bond donors (Lipinski definition) is 1. The number of benzene rings is 1. The van der Waals surface area contributed by atoms with Crippen LogP contribution in [-0.4, -0.2) is 28.3 Å². The monoisotopic (exact) mass is 275 g/mol. The number of anilines is 2. The lowest BCUT2D eigenvalue weighted by Gasteiger charge is -2.20. The number of aromatic carboxylic acids is 1. The minimum Gasteiger partial charge on any atom is -0.478 e. The van der Waals surface area contributed by atoms with Crippen molar-refractivity contribution < 1.29 is 14.3 Å². The molecule has 104 valence electrons. The van der Waals surface area contributed by atoms with E-state index in [9.17, 15) is 14.3 Å². The van der Waals surface area contributed by atoms with Crippen molar-refractivity contribution in [1.82, 2.24) is 10.2 Å². The van der Waals surface area contributed by atoms with Crippen molar-refractivity contribution in [2.75, 3.05) is 11.9 Å². The first-order chi connectivity index (χ1) is 9.41. The largest absolute Gasteiger partial charge is 0.478 e. The quantitative estimate of drug-likeness (QED) is 0.932. The molecule has 0 bridgehead atoms. The third-order valence-electron chi connectivity index (χ3n) is 3.16. The average Bonchev–Trinajstić information content (AvgIpc) is 2.40. The molecule has 2 aromatic rings. The van der Waals surface area contributed by atoms with E-state index < -0.39 is 11.8 Å². The third kappa shape index (κ3) is 2.45. The van der Waals surface area contributed by atoms with E-state index in [0.29, 0.717) is 16.9 Å². The summed E-state index contributed by atoms with van der Waals surface area (Å²) in [4.78, 5) is 12.9. The van der Waals surface area contributed by atoms with Gasteiger partial charge in [-0.05, 0) is 37.6 Å². The molecular formula is C14H14FN3O2. The average molecular weight is 275 g/mol. The fourth-order valence-corrected chi connectivity index (χ4v) is 1.89. The second kappa shape index (κ2) is 5.24. The van der Waals surface area contributed by atoms with Gasteiger partial charge in [0.15, 0.2) is 5.82 Å². The van der Waals surface area contributed by atoms with Crippen LogP contribution in [0.3, 0.4) is 0 Å². The van der Waals surface area contributed by atoms with Crippen molar-refractivity contribution in [2.24, 2.45) is 0 Å². The Kier molecular flexibility index (Phi) is 3.65. The van der Waals surface area contributed by atoms with Gasteiger partial charge in [0.1, 0.15) is 11.4 Å². The van der Waals surface area contributed by atoms with E-state index in [1.54, 1.807) is 33.0 Å². The van der Waals surface area contributed by atoms with Gasteiger partial charge >= 0.3 is 5.97 Å². The normalized spacial score (nSPS) is 10.4. The Morgan fingerprint density at radius 3 is 2.60 bits per heavy atom. The van der Waals surface area contributed by atoms with Crippen LogP contribution in [0.1, 0.15) is 21.6 Å². The highest BCUT2D eigenvalue weighted by molar-refractivity contribution is 5.96. The van der Waals surface area contributed by atoms with E-state index in [2.05, 4.69) is 10.2 Å². The van der Waals surface area contributed by atoms with Crippen LogP contribution < -0.4 is 4.90 Å². The zero-order valence-electron chi connectivity index (χ0n) is 11.4. The molecule has 0 atom stereocenters. The summed E-state index contributed by atoms with van der Waals surface area (Å²) in [5.41, 5.74) is 1.68. The van der Waals surface area contributed by atoms with Crippen molar-refractivity contribution in [3.63, 3.8) is 0 Å². The molecule has 1 aromatic heterocycles. The molecule has 0 saturated carbocycles. The molecule has 2 rings (SSSR count). The molecule has 0 radical (unpaired) electrons. The SMILES string of the molecule is Cc1nnc(N(C)c2cccc(F)c2)c(C(=O)O)c1C. The molecule has 1 N–H and O–H groups in total. The van der Waals surface area contributed by atoms with Gasteiger partial charge in [0.2, 0.25) is 0 Å². The zero-order chi connectivity index (χ0) is 14.9. The molecule has 0 spiro atoms. The Labute approximate surface area is 115 Å². The van der Waals surface area contributed by atoms with E-state index in [1.807, 2.05) is 0 Å². The minimum atomic E-state index is -1.08. The number of carboxylic acids is 1. The maximum atomic E-state index is 13.3. The van der Waals surface area contributed by atoms with Crippen LogP contribution in [0.15, 0.2) is 24.3 Å². The molecule has 0 aliphatic heterocycles. The van der Waals surface area contributed by atoms with Gasteiger partial charge in [-0.1, -0.05) is 6.07 Å². The molecule has 1 heterocycles. The van der Waals surface area contributed by atoms with Crippen LogP contribution in [0.2, 0.25) is 0 Å². The van der Waals surface area contributed by atoms with Gasteiger partial charge in [0.25, 0.3) is 0 Å². The summed E-state index contributed by atoms with van der Waals surface area (Å²) < 4.78 is 13.3. The predicted octanol–water partition coefficient (Wildman–Crippen LogP) is 2.70. The molecule has 0 aliphatic carbocycles. The van der Waals surface area contributed by atoms with Gasteiger partial charge < -0.3 is 10.0 Å². The summed E-state index contributed by atoms with van der Waals surface area (Å²) >= 11 is 0. The Morgan fingerprint density at radius 2 is 2.00 bits per heavy atom. The van der Waals surface area contributed by atoms with Crippen LogP contribution in [-0.2, 0) is 0 Å². The van der Waals surface area contributed by atoms with Gasteiger partial charge in [-0.15, -0.1) is 5.10 Å². The Balaban J connectivity index is 2.58. The van der Waals surface area contributed by atoms with Gasteiger partial charge in [0.05, 0.1) is 5.69 Å². The first kappa shape index (κ1) is 13.9. The number of hydrogen-bond acceptors (Lipinski definition) is 4. The van der Waals surface area contributed by atoms with Gasteiger partial charge in [-0.25, -0.2) is 9.18 Å². The fourth-order valence-electron chi connectivity index (χ4n) is 1.89. The number of carboxylic acid groups (broad SMARTS) is 1. The lowest BCUT2D eigenvalue weighted by atomic mass is 10.1. The number of carbonyl (C=O) groups is 1. The molecule has 0 unspecified atom stereocenters. The summed E-state index contributed by atoms with van der Waals surface area (Å²) in [5.74, 6) is -1.30. The Hall–Kier alpha value is -2.50. The summed E-state index contributed by atoms with van der Waals surface area (Å²) in [6, 6.07) is 5.85. The maximum Gasteiger partial charge on any atom is 0.339 e. The second-order valence-electron chi connectivity index (χ2n) is 4.45. The molecule has 0 aliphatic rings. The Morgan fingerprint density at radius 1 is 1.30 bits per heavy atom. The van der Waals surface area contributed by atoms with Gasteiger partial charge in [-0.2, -0.15) is 5.10 Å². The summed E-state index contributed by atoms with van der Waals surface area (Å²) in [5, 5.41) is 17.2. The number of aromatic nitrogens is 2. The minimum absolute atomic E-state index is 0.0734. The molecular weight excluding hydrogens is 261 g/mol. The van der Waals surface area contributed by atoms with Crippen molar-refractivity contribution >= 4 is 17.5 Å². The van der Waals surface area contributed by atoms with E-state index in [0.717, 1.165) is 0 Å². The fraction of sp³-hybridized carbons (Fsp3) is 0.214. The highest BCUT2D eigenvalue weighted by Crippen LogP contribution is 2.27. The predicted molar refractivity (Wildman–Crippen MR) is 72.9 cm³/mol. The number of nitrogens with zero attached hydrogens (tertiary/aromatic N) is 3. The van der Waals surface area contributed by atoms with Gasteiger partial charge in [-0.3, -0.25) is 0 Å². The summed E-state index contributed by atoms with van der Waals surface area (Å²) in [6.07, 6.45) is 0. The van der Waals surface area contributed by atoms with Crippen LogP contribution >= 0.6 is 0 Å². The number of rotatable bonds is 3. The van der Waals surface area contributed by atoms with E-state index in [-0.39, 0.29) is 11.4 Å². The first-order valence-electron chi connectivity index (χ1n) is 5.98. The van der Waals surface area contributed by atoms with E-state index >= 15 is 0 Å².